The number of amides is 1. The van der Waals surface area contributed by atoms with Crippen molar-refractivity contribution in [3.8, 4) is 0 Å². The Morgan fingerprint density at radius 1 is 1.28 bits per heavy atom. The van der Waals surface area contributed by atoms with Crippen molar-refractivity contribution in [3.63, 3.8) is 0 Å². The van der Waals surface area contributed by atoms with Gasteiger partial charge in [-0.05, 0) is 55.3 Å². The third-order valence-electron chi connectivity index (χ3n) is 6.55. The van der Waals surface area contributed by atoms with Crippen LogP contribution in [-0.4, -0.2) is 50.1 Å². The molecule has 1 saturated carbocycles. The third kappa shape index (κ3) is 3.82. The lowest BCUT2D eigenvalue weighted by atomic mass is 9.93. The van der Waals surface area contributed by atoms with Crippen LogP contribution in [0.3, 0.4) is 0 Å². The third-order valence-corrected chi connectivity index (χ3v) is 7.67. The number of benzene rings is 1. The zero-order chi connectivity index (χ0) is 21.8. The summed E-state index contributed by atoms with van der Waals surface area (Å²) >= 11 is 1.38. The van der Waals surface area contributed by atoms with Crippen LogP contribution in [0.15, 0.2) is 34.0 Å². The highest BCUT2D eigenvalue weighted by Crippen LogP contribution is 2.50. The lowest BCUT2D eigenvalue weighted by Gasteiger charge is -2.23. The molecule has 5 rings (SSSR count). The average Bonchev–Trinajstić information content (AvgIpc) is 3.15. The quantitative estimate of drug-likeness (QED) is 0.391. The van der Waals surface area contributed by atoms with E-state index < -0.39 is 5.41 Å². The minimum absolute atomic E-state index is 0. The van der Waals surface area contributed by atoms with Gasteiger partial charge in [-0.15, -0.1) is 12.4 Å². The molecule has 3 heterocycles. The van der Waals surface area contributed by atoms with E-state index in [-0.39, 0.29) is 29.7 Å². The number of likely N-dealkylation sites (tertiary alicyclic amines) is 1. The topological polar surface area (TPSA) is 108 Å². The molecular weight excluding hydrogens is 448 g/mol. The van der Waals surface area contributed by atoms with E-state index >= 15 is 0 Å². The number of hydrogen-bond donors (Lipinski definition) is 2. The molecular formula is C22H27ClN6O2S. The molecule has 0 bridgehead atoms. The standard InChI is InChI=1S/C22H26N6O2S.ClH/c1-26-17-5-4-14(22(7-8-22)21(30)27-9-2-3-10-27)12-15(17)25-16(20(26)29)13-28-11-6-18(31-28)19(23)24;/h4-6,12H,2-3,7-11,13H2,1H3,(H3,23,24);1H. The minimum Gasteiger partial charge on any atom is -0.383 e. The van der Waals surface area contributed by atoms with E-state index in [0.717, 1.165) is 55.4 Å². The van der Waals surface area contributed by atoms with Crippen molar-refractivity contribution >= 4 is 47.1 Å². The second-order valence-corrected chi connectivity index (χ2v) is 9.74. The van der Waals surface area contributed by atoms with E-state index in [0.29, 0.717) is 23.7 Å². The number of rotatable bonds is 5. The van der Waals surface area contributed by atoms with Gasteiger partial charge in [-0.25, -0.2) is 9.29 Å². The van der Waals surface area contributed by atoms with Gasteiger partial charge in [-0.1, -0.05) is 12.1 Å². The Morgan fingerprint density at radius 2 is 2.00 bits per heavy atom. The molecule has 0 unspecified atom stereocenters. The number of aryl methyl sites for hydroxylation is 1. The molecule has 2 fully saturated rings. The molecule has 1 aromatic heterocycles. The Labute approximate surface area is 196 Å². The molecule has 1 saturated heterocycles. The van der Waals surface area contributed by atoms with Gasteiger partial charge in [0, 0.05) is 26.7 Å². The van der Waals surface area contributed by atoms with E-state index in [1.807, 2.05) is 33.5 Å². The molecule has 8 nitrogen and oxygen atoms in total. The number of nitrogens with zero attached hydrogens (tertiary/aromatic N) is 4. The van der Waals surface area contributed by atoms with Crippen LogP contribution in [0.4, 0.5) is 0 Å². The van der Waals surface area contributed by atoms with Crippen LogP contribution in [0.25, 0.3) is 11.0 Å². The summed E-state index contributed by atoms with van der Waals surface area (Å²) in [5.74, 6) is 0.277. The summed E-state index contributed by atoms with van der Waals surface area (Å²) in [6.45, 7) is 2.68. The highest BCUT2D eigenvalue weighted by Gasteiger charge is 2.53. The van der Waals surface area contributed by atoms with Crippen molar-refractivity contribution in [1.82, 2.24) is 18.8 Å². The first-order chi connectivity index (χ1) is 14.9. The lowest BCUT2D eigenvalue weighted by Crippen LogP contribution is -2.37. The zero-order valence-electron chi connectivity index (χ0n) is 18.0. The molecule has 3 N–H and O–H groups in total. The highest BCUT2D eigenvalue weighted by molar-refractivity contribution is 8.02. The van der Waals surface area contributed by atoms with Crippen molar-refractivity contribution in [3.05, 3.63) is 50.8 Å². The summed E-state index contributed by atoms with van der Waals surface area (Å²) in [7, 11) is 1.76. The summed E-state index contributed by atoms with van der Waals surface area (Å²) in [4.78, 5) is 33.5. The number of aromatic nitrogens is 2. The SMILES string of the molecule is Cl.Cn1c(=O)c(CN2CC=C(C(=N)N)S2)nc2cc(C3(C(=O)N4CCCC4)CC3)ccc21. The predicted octanol–water partition coefficient (Wildman–Crippen LogP) is 2.29. The highest BCUT2D eigenvalue weighted by atomic mass is 35.5. The number of fused-ring (bicyclic) bond motifs is 1. The number of amidine groups is 1. The maximum atomic E-state index is 13.2. The summed E-state index contributed by atoms with van der Waals surface area (Å²) in [6, 6.07) is 5.90. The zero-order valence-corrected chi connectivity index (χ0v) is 19.6. The molecule has 1 aromatic carbocycles. The van der Waals surface area contributed by atoms with Gasteiger partial charge < -0.3 is 15.2 Å². The van der Waals surface area contributed by atoms with Gasteiger partial charge in [0.2, 0.25) is 5.91 Å². The number of carbonyl (C=O) groups is 1. The monoisotopic (exact) mass is 474 g/mol. The molecule has 0 radical (unpaired) electrons. The predicted molar refractivity (Wildman–Crippen MR) is 129 cm³/mol. The van der Waals surface area contributed by atoms with Crippen LogP contribution < -0.4 is 11.3 Å². The largest absolute Gasteiger partial charge is 0.383 e. The first-order valence-electron chi connectivity index (χ1n) is 10.7. The van der Waals surface area contributed by atoms with Gasteiger partial charge >= 0.3 is 0 Å². The molecule has 2 aliphatic heterocycles. The van der Waals surface area contributed by atoms with Crippen molar-refractivity contribution < 1.29 is 4.79 Å². The van der Waals surface area contributed by atoms with Gasteiger partial charge in [-0.3, -0.25) is 15.0 Å². The van der Waals surface area contributed by atoms with Gasteiger partial charge in [-0.2, -0.15) is 0 Å². The number of hydrogen-bond acceptors (Lipinski definition) is 6. The fourth-order valence-electron chi connectivity index (χ4n) is 4.59. The van der Waals surface area contributed by atoms with E-state index in [1.165, 1.54) is 11.9 Å². The van der Waals surface area contributed by atoms with Crippen molar-refractivity contribution in [2.24, 2.45) is 12.8 Å². The van der Waals surface area contributed by atoms with Gasteiger partial charge in [0.15, 0.2) is 0 Å². The average molecular weight is 475 g/mol. The fraction of sp³-hybridized carbons (Fsp3) is 0.455. The molecule has 32 heavy (non-hydrogen) atoms. The van der Waals surface area contributed by atoms with E-state index in [4.69, 9.17) is 16.1 Å². The van der Waals surface area contributed by atoms with Crippen molar-refractivity contribution in [2.45, 2.75) is 37.6 Å². The van der Waals surface area contributed by atoms with E-state index in [2.05, 4.69) is 0 Å². The summed E-state index contributed by atoms with van der Waals surface area (Å²) in [5, 5.41) is 7.58. The van der Waals surface area contributed by atoms with Crippen LogP contribution >= 0.6 is 24.4 Å². The van der Waals surface area contributed by atoms with Gasteiger partial charge in [0.05, 0.1) is 27.9 Å². The van der Waals surface area contributed by atoms with Crippen LogP contribution in [0.1, 0.15) is 36.9 Å². The Hall–Kier alpha value is -2.36. The first kappa shape index (κ1) is 22.8. The molecule has 2 aromatic rings. The summed E-state index contributed by atoms with van der Waals surface area (Å²) in [6.07, 6.45) is 5.80. The summed E-state index contributed by atoms with van der Waals surface area (Å²) in [5.41, 5.74) is 7.98. The molecule has 0 atom stereocenters. The molecule has 170 valence electrons. The first-order valence-corrected chi connectivity index (χ1v) is 11.4. The number of nitrogens with two attached hydrogens (primary N) is 1. The summed E-state index contributed by atoms with van der Waals surface area (Å²) < 4.78 is 3.60. The minimum atomic E-state index is -0.416. The number of carbonyl (C=O) groups excluding carboxylic acids is 1. The second-order valence-electron chi connectivity index (χ2n) is 8.60. The van der Waals surface area contributed by atoms with Crippen molar-refractivity contribution in [1.29, 1.82) is 5.41 Å². The maximum Gasteiger partial charge on any atom is 0.273 e. The normalized spacial score (nSPS) is 19.7. The van der Waals surface area contributed by atoms with Gasteiger partial charge in [0.25, 0.3) is 5.56 Å². The molecule has 10 heteroatoms. The maximum absolute atomic E-state index is 13.2. The molecule has 1 aliphatic carbocycles. The Kier molecular flexibility index (Phi) is 6.08. The van der Waals surface area contributed by atoms with Crippen LogP contribution in [0.5, 0.6) is 0 Å². The van der Waals surface area contributed by atoms with Crippen molar-refractivity contribution in [2.75, 3.05) is 19.6 Å². The molecule has 1 amide bonds. The number of nitrogens with one attached hydrogen (secondary N) is 1. The Bertz CT molecular complexity index is 1180. The van der Waals surface area contributed by atoms with E-state index in [1.54, 1.807) is 11.6 Å². The van der Waals surface area contributed by atoms with Crippen LogP contribution in [0.2, 0.25) is 0 Å². The second kappa shape index (κ2) is 8.53. The lowest BCUT2D eigenvalue weighted by molar-refractivity contribution is -0.132. The molecule has 0 spiro atoms. The molecule has 3 aliphatic rings. The fourth-order valence-corrected chi connectivity index (χ4v) is 5.45. The number of halogens is 1. The van der Waals surface area contributed by atoms with Crippen LogP contribution in [0, 0.1) is 5.41 Å². The van der Waals surface area contributed by atoms with Gasteiger partial charge in [0.1, 0.15) is 11.5 Å². The smallest absolute Gasteiger partial charge is 0.273 e. The van der Waals surface area contributed by atoms with Crippen LogP contribution in [-0.2, 0) is 23.8 Å². The Morgan fingerprint density at radius 3 is 2.62 bits per heavy atom. The Balaban J connectivity index is 0.00000245. The van der Waals surface area contributed by atoms with E-state index in [9.17, 15) is 9.59 Å².